The fourth-order valence-corrected chi connectivity index (χ4v) is 4.87. The van der Waals surface area contributed by atoms with Crippen molar-refractivity contribution in [2.75, 3.05) is 11.3 Å². The van der Waals surface area contributed by atoms with E-state index in [0.29, 0.717) is 47.7 Å². The molecule has 0 aliphatic carbocycles. The maximum Gasteiger partial charge on any atom is 0.307 e. The van der Waals surface area contributed by atoms with Crippen LogP contribution in [0.1, 0.15) is 30.3 Å². The van der Waals surface area contributed by atoms with Gasteiger partial charge in [0, 0.05) is 13.0 Å². The Labute approximate surface area is 203 Å². The van der Waals surface area contributed by atoms with Gasteiger partial charge in [0.05, 0.1) is 40.8 Å². The Morgan fingerprint density at radius 2 is 1.80 bits per heavy atom. The molecule has 8 nitrogen and oxygen atoms in total. The molecule has 0 fully saturated rings. The summed E-state index contributed by atoms with van der Waals surface area (Å²) in [5.41, 5.74) is 3.03. The standard InChI is InChI=1S/C26H24N4O4S/c1-2-34-25(31)15-16-30-23-10-6-9-22(29-35(32,33)21-7-4-3-5-8-21)26(23)28-24(30)17-19-11-13-20(18-27)14-12-19/h3-14,29H,2,15-17H2,1H3. The van der Waals surface area contributed by atoms with Crippen LogP contribution in [-0.4, -0.2) is 30.5 Å². The molecule has 1 heterocycles. The van der Waals surface area contributed by atoms with Gasteiger partial charge < -0.3 is 9.30 Å². The molecule has 35 heavy (non-hydrogen) atoms. The summed E-state index contributed by atoms with van der Waals surface area (Å²) >= 11 is 0. The van der Waals surface area contributed by atoms with Gasteiger partial charge in [0.25, 0.3) is 10.0 Å². The van der Waals surface area contributed by atoms with Crippen molar-refractivity contribution in [1.29, 1.82) is 5.26 Å². The highest BCUT2D eigenvalue weighted by atomic mass is 32.2. The van der Waals surface area contributed by atoms with Crippen LogP contribution in [-0.2, 0) is 32.5 Å². The molecule has 0 radical (unpaired) electrons. The van der Waals surface area contributed by atoms with Gasteiger partial charge in [-0.15, -0.1) is 0 Å². The van der Waals surface area contributed by atoms with E-state index in [1.54, 1.807) is 49.4 Å². The number of carbonyl (C=O) groups is 1. The van der Waals surface area contributed by atoms with Gasteiger partial charge in [0.2, 0.25) is 0 Å². The van der Waals surface area contributed by atoms with Crippen LogP contribution in [0.5, 0.6) is 0 Å². The molecule has 0 saturated carbocycles. The first-order valence-electron chi connectivity index (χ1n) is 11.1. The van der Waals surface area contributed by atoms with E-state index in [-0.39, 0.29) is 17.3 Å². The Hall–Kier alpha value is -4.16. The molecule has 4 rings (SSSR count). The van der Waals surface area contributed by atoms with Crippen molar-refractivity contribution in [2.24, 2.45) is 0 Å². The van der Waals surface area contributed by atoms with Crippen molar-refractivity contribution in [1.82, 2.24) is 9.55 Å². The number of ether oxygens (including phenoxy) is 1. The van der Waals surface area contributed by atoms with Crippen LogP contribution >= 0.6 is 0 Å². The second-order valence-electron chi connectivity index (χ2n) is 7.81. The van der Waals surface area contributed by atoms with Gasteiger partial charge in [-0.3, -0.25) is 9.52 Å². The number of nitriles is 1. The van der Waals surface area contributed by atoms with Crippen LogP contribution < -0.4 is 4.72 Å². The van der Waals surface area contributed by atoms with Crippen molar-refractivity contribution < 1.29 is 17.9 Å². The molecular formula is C26H24N4O4S. The van der Waals surface area contributed by atoms with Crippen molar-refractivity contribution in [3.8, 4) is 6.07 Å². The van der Waals surface area contributed by atoms with Crippen LogP contribution in [0.4, 0.5) is 5.69 Å². The molecule has 0 aliphatic rings. The third-order valence-electron chi connectivity index (χ3n) is 5.45. The summed E-state index contributed by atoms with van der Waals surface area (Å²) < 4.78 is 35.5. The molecule has 4 aromatic rings. The molecule has 0 spiro atoms. The zero-order valence-electron chi connectivity index (χ0n) is 19.1. The lowest BCUT2D eigenvalue weighted by atomic mass is 10.1. The van der Waals surface area contributed by atoms with Crippen molar-refractivity contribution in [3.05, 3.63) is 89.7 Å². The van der Waals surface area contributed by atoms with Crippen LogP contribution in [0.25, 0.3) is 11.0 Å². The van der Waals surface area contributed by atoms with E-state index >= 15 is 0 Å². The van der Waals surface area contributed by atoms with E-state index < -0.39 is 10.0 Å². The number of para-hydroxylation sites is 1. The van der Waals surface area contributed by atoms with Gasteiger partial charge >= 0.3 is 5.97 Å². The van der Waals surface area contributed by atoms with E-state index in [9.17, 15) is 13.2 Å². The number of nitrogens with zero attached hydrogens (tertiary/aromatic N) is 3. The molecule has 0 amide bonds. The summed E-state index contributed by atoms with van der Waals surface area (Å²) in [5, 5.41) is 9.06. The highest BCUT2D eigenvalue weighted by Crippen LogP contribution is 2.28. The van der Waals surface area contributed by atoms with E-state index in [0.717, 1.165) is 5.56 Å². The Morgan fingerprint density at radius 3 is 2.49 bits per heavy atom. The Morgan fingerprint density at radius 1 is 1.06 bits per heavy atom. The fraction of sp³-hybridized carbons (Fsp3) is 0.192. The minimum absolute atomic E-state index is 0.150. The molecule has 0 atom stereocenters. The summed E-state index contributed by atoms with van der Waals surface area (Å²) in [6, 6.07) is 22.7. The molecule has 3 aromatic carbocycles. The van der Waals surface area contributed by atoms with Crippen LogP contribution in [0.3, 0.4) is 0 Å². The Bertz CT molecular complexity index is 1490. The minimum atomic E-state index is -3.81. The average Bonchev–Trinajstić information content (AvgIpc) is 3.21. The number of benzene rings is 3. The molecule has 1 aromatic heterocycles. The topological polar surface area (TPSA) is 114 Å². The lowest BCUT2D eigenvalue weighted by Gasteiger charge is -2.10. The second kappa shape index (κ2) is 10.4. The summed E-state index contributed by atoms with van der Waals surface area (Å²) in [4.78, 5) is 17.0. The zero-order valence-corrected chi connectivity index (χ0v) is 20.0. The Balaban J connectivity index is 1.74. The van der Waals surface area contributed by atoms with Gasteiger partial charge in [-0.25, -0.2) is 13.4 Å². The normalized spacial score (nSPS) is 11.2. The van der Waals surface area contributed by atoms with E-state index in [4.69, 9.17) is 15.0 Å². The number of anilines is 1. The number of rotatable bonds is 9. The molecular weight excluding hydrogens is 464 g/mol. The number of aromatic nitrogens is 2. The first-order chi connectivity index (χ1) is 16.9. The number of hydrogen-bond acceptors (Lipinski definition) is 6. The van der Waals surface area contributed by atoms with Gasteiger partial charge in [-0.05, 0) is 48.9 Å². The molecule has 1 N–H and O–H groups in total. The summed E-state index contributed by atoms with van der Waals surface area (Å²) in [6.45, 7) is 2.38. The minimum Gasteiger partial charge on any atom is -0.466 e. The maximum atomic E-state index is 12.9. The zero-order chi connectivity index (χ0) is 24.8. The highest BCUT2D eigenvalue weighted by molar-refractivity contribution is 7.92. The van der Waals surface area contributed by atoms with Gasteiger partial charge in [0.15, 0.2) is 0 Å². The lowest BCUT2D eigenvalue weighted by Crippen LogP contribution is -2.13. The number of nitrogens with one attached hydrogen (secondary N) is 1. The third kappa shape index (κ3) is 5.50. The average molecular weight is 489 g/mol. The van der Waals surface area contributed by atoms with Crippen LogP contribution in [0, 0.1) is 11.3 Å². The fourth-order valence-electron chi connectivity index (χ4n) is 3.78. The highest BCUT2D eigenvalue weighted by Gasteiger charge is 2.19. The first-order valence-corrected chi connectivity index (χ1v) is 12.6. The third-order valence-corrected chi connectivity index (χ3v) is 6.83. The molecule has 0 aliphatic heterocycles. The van der Waals surface area contributed by atoms with Crippen LogP contribution in [0.15, 0.2) is 77.7 Å². The van der Waals surface area contributed by atoms with Crippen molar-refractivity contribution >= 4 is 32.7 Å². The van der Waals surface area contributed by atoms with Crippen molar-refractivity contribution in [2.45, 2.75) is 31.2 Å². The second-order valence-corrected chi connectivity index (χ2v) is 9.49. The smallest absolute Gasteiger partial charge is 0.307 e. The first kappa shape index (κ1) is 24.0. The number of hydrogen-bond donors (Lipinski definition) is 1. The maximum absolute atomic E-state index is 12.9. The summed E-state index contributed by atoms with van der Waals surface area (Å²) in [6.07, 6.45) is 0.591. The summed E-state index contributed by atoms with van der Waals surface area (Å²) in [7, 11) is -3.81. The largest absolute Gasteiger partial charge is 0.466 e. The quantitative estimate of drug-likeness (QED) is 0.352. The predicted molar refractivity (Wildman–Crippen MR) is 132 cm³/mol. The van der Waals surface area contributed by atoms with E-state index in [1.807, 2.05) is 22.8 Å². The number of aryl methyl sites for hydroxylation is 1. The predicted octanol–water partition coefficient (Wildman–Crippen LogP) is 4.25. The molecule has 0 saturated heterocycles. The monoisotopic (exact) mass is 488 g/mol. The number of carbonyl (C=O) groups excluding carboxylic acids is 1. The van der Waals surface area contributed by atoms with Crippen molar-refractivity contribution in [3.63, 3.8) is 0 Å². The molecule has 178 valence electrons. The number of sulfonamides is 1. The Kier molecular flexibility index (Phi) is 7.13. The molecule has 0 bridgehead atoms. The summed E-state index contributed by atoms with van der Waals surface area (Å²) in [5.74, 6) is 0.347. The molecule has 9 heteroatoms. The van der Waals surface area contributed by atoms with Crippen LogP contribution in [0.2, 0.25) is 0 Å². The SMILES string of the molecule is CCOC(=O)CCn1c(Cc2ccc(C#N)cc2)nc2c(NS(=O)(=O)c3ccccc3)cccc21. The van der Waals surface area contributed by atoms with E-state index in [1.165, 1.54) is 12.1 Å². The van der Waals surface area contributed by atoms with Gasteiger partial charge in [-0.1, -0.05) is 36.4 Å². The molecule has 0 unspecified atom stereocenters. The number of esters is 1. The number of fused-ring (bicyclic) bond motifs is 1. The lowest BCUT2D eigenvalue weighted by molar-refractivity contribution is -0.143. The van der Waals surface area contributed by atoms with Gasteiger partial charge in [-0.2, -0.15) is 5.26 Å². The van der Waals surface area contributed by atoms with Gasteiger partial charge in [0.1, 0.15) is 11.3 Å². The number of imidazole rings is 1. The van der Waals surface area contributed by atoms with E-state index in [2.05, 4.69) is 10.8 Å².